The lowest BCUT2D eigenvalue weighted by Gasteiger charge is -2.27. The molecule has 3 heterocycles. The minimum Gasteiger partial charge on any atom is -0.459 e. The van der Waals surface area contributed by atoms with Crippen molar-refractivity contribution in [2.75, 3.05) is 6.54 Å². The first kappa shape index (κ1) is 12.0. The second-order valence-corrected chi connectivity index (χ2v) is 5.09. The fourth-order valence-electron chi connectivity index (χ4n) is 2.48. The lowest BCUT2D eigenvalue weighted by Crippen LogP contribution is -2.36. The van der Waals surface area contributed by atoms with Gasteiger partial charge in [0.1, 0.15) is 0 Å². The summed E-state index contributed by atoms with van der Waals surface area (Å²) in [6.07, 6.45) is 4.21. The molecule has 100 valence electrons. The molecule has 0 saturated heterocycles. The second-order valence-electron chi connectivity index (χ2n) is 5.09. The maximum atomic E-state index is 12.3. The number of aromatic nitrogens is 2. The molecule has 1 aliphatic heterocycles. The van der Waals surface area contributed by atoms with Gasteiger partial charge in [0.15, 0.2) is 5.76 Å². The Kier molecular flexibility index (Phi) is 2.89. The van der Waals surface area contributed by atoms with Gasteiger partial charge in [-0.25, -0.2) is 4.98 Å². The monoisotopic (exact) mass is 259 g/mol. The Morgan fingerprint density at radius 2 is 2.32 bits per heavy atom. The molecule has 5 heteroatoms. The van der Waals surface area contributed by atoms with Gasteiger partial charge in [0.25, 0.3) is 5.91 Å². The van der Waals surface area contributed by atoms with Gasteiger partial charge in [-0.3, -0.25) is 4.79 Å². The molecule has 3 rings (SSSR count). The van der Waals surface area contributed by atoms with Crippen molar-refractivity contribution in [2.24, 2.45) is 0 Å². The Hall–Kier alpha value is -2.04. The lowest BCUT2D eigenvalue weighted by molar-refractivity contribution is 0.0696. The fraction of sp³-hybridized carbons (Fsp3) is 0.429. The highest BCUT2D eigenvalue weighted by Crippen LogP contribution is 2.22. The summed E-state index contributed by atoms with van der Waals surface area (Å²) < 4.78 is 7.32. The molecule has 0 aromatic carbocycles. The molecule has 0 spiro atoms. The van der Waals surface area contributed by atoms with Crippen LogP contribution in [0, 0.1) is 0 Å². The Morgan fingerprint density at radius 3 is 3.00 bits per heavy atom. The number of fused-ring (bicyclic) bond motifs is 1. The van der Waals surface area contributed by atoms with Crippen molar-refractivity contribution in [2.45, 2.75) is 32.9 Å². The molecule has 1 amide bonds. The zero-order valence-corrected chi connectivity index (χ0v) is 11.2. The number of hydrogen-bond acceptors (Lipinski definition) is 3. The summed E-state index contributed by atoms with van der Waals surface area (Å²) >= 11 is 0. The molecule has 2 aromatic heterocycles. The minimum atomic E-state index is -0.0489. The molecular formula is C14H17N3O2. The van der Waals surface area contributed by atoms with Crippen LogP contribution in [0.4, 0.5) is 0 Å². The summed E-state index contributed by atoms with van der Waals surface area (Å²) in [5.41, 5.74) is 2.25. The predicted molar refractivity (Wildman–Crippen MR) is 69.8 cm³/mol. The van der Waals surface area contributed by atoms with E-state index in [0.717, 1.165) is 17.8 Å². The smallest absolute Gasteiger partial charge is 0.289 e. The number of nitrogens with zero attached hydrogens (tertiary/aromatic N) is 3. The van der Waals surface area contributed by atoms with E-state index in [0.29, 0.717) is 24.9 Å². The Morgan fingerprint density at radius 1 is 1.47 bits per heavy atom. The minimum absolute atomic E-state index is 0.0489. The standard InChI is InChI=1S/C14H17N3O2/c1-10(2)17-9-15-11-5-6-16(8-12(11)17)14(18)13-4-3-7-19-13/h3-4,7,9-10H,5-6,8H2,1-2H3. The van der Waals surface area contributed by atoms with E-state index < -0.39 is 0 Å². The first-order chi connectivity index (χ1) is 9.16. The summed E-state index contributed by atoms with van der Waals surface area (Å²) in [6, 6.07) is 3.80. The highest BCUT2D eigenvalue weighted by atomic mass is 16.3. The summed E-state index contributed by atoms with van der Waals surface area (Å²) in [6.45, 7) is 5.54. The number of imidazole rings is 1. The molecule has 0 atom stereocenters. The van der Waals surface area contributed by atoms with Crippen molar-refractivity contribution in [1.29, 1.82) is 0 Å². The van der Waals surface area contributed by atoms with Crippen LogP contribution in [-0.2, 0) is 13.0 Å². The van der Waals surface area contributed by atoms with Crippen LogP contribution in [0.1, 0.15) is 41.8 Å². The van der Waals surface area contributed by atoms with E-state index in [1.54, 1.807) is 12.1 Å². The van der Waals surface area contributed by atoms with Crippen molar-refractivity contribution in [3.8, 4) is 0 Å². The van der Waals surface area contributed by atoms with Gasteiger partial charge in [0, 0.05) is 19.0 Å². The van der Waals surface area contributed by atoms with E-state index in [2.05, 4.69) is 23.4 Å². The topological polar surface area (TPSA) is 51.3 Å². The van der Waals surface area contributed by atoms with Crippen LogP contribution in [0.25, 0.3) is 0 Å². The molecule has 0 radical (unpaired) electrons. The molecule has 2 aromatic rings. The van der Waals surface area contributed by atoms with E-state index in [-0.39, 0.29) is 5.91 Å². The molecule has 0 fully saturated rings. The number of carbonyl (C=O) groups excluding carboxylic acids is 1. The maximum Gasteiger partial charge on any atom is 0.289 e. The van der Waals surface area contributed by atoms with Crippen molar-refractivity contribution < 1.29 is 9.21 Å². The van der Waals surface area contributed by atoms with Gasteiger partial charge in [0.2, 0.25) is 0 Å². The third-order valence-corrected chi connectivity index (χ3v) is 3.52. The van der Waals surface area contributed by atoms with Crippen molar-refractivity contribution >= 4 is 5.91 Å². The van der Waals surface area contributed by atoms with Gasteiger partial charge in [0.05, 0.1) is 30.5 Å². The molecule has 0 unspecified atom stereocenters. The predicted octanol–water partition coefficient (Wildman–Crippen LogP) is 2.26. The molecule has 0 bridgehead atoms. The summed E-state index contributed by atoms with van der Waals surface area (Å²) in [5, 5.41) is 0. The van der Waals surface area contributed by atoms with Crippen LogP contribution in [-0.4, -0.2) is 26.9 Å². The molecule has 5 nitrogen and oxygen atoms in total. The van der Waals surface area contributed by atoms with Crippen LogP contribution < -0.4 is 0 Å². The van der Waals surface area contributed by atoms with Crippen LogP contribution in [0.3, 0.4) is 0 Å². The highest BCUT2D eigenvalue weighted by Gasteiger charge is 2.26. The molecule has 0 N–H and O–H groups in total. The number of hydrogen-bond donors (Lipinski definition) is 0. The second kappa shape index (κ2) is 4.57. The van der Waals surface area contributed by atoms with Gasteiger partial charge >= 0.3 is 0 Å². The highest BCUT2D eigenvalue weighted by molar-refractivity contribution is 5.91. The summed E-state index contributed by atoms with van der Waals surface area (Å²) in [4.78, 5) is 18.5. The van der Waals surface area contributed by atoms with Crippen LogP contribution >= 0.6 is 0 Å². The van der Waals surface area contributed by atoms with Crippen molar-refractivity contribution in [1.82, 2.24) is 14.5 Å². The fourth-order valence-corrected chi connectivity index (χ4v) is 2.48. The van der Waals surface area contributed by atoms with Crippen molar-refractivity contribution in [3.05, 3.63) is 41.9 Å². The van der Waals surface area contributed by atoms with Crippen LogP contribution in [0.5, 0.6) is 0 Å². The summed E-state index contributed by atoms with van der Waals surface area (Å²) in [5.74, 6) is 0.353. The average molecular weight is 259 g/mol. The van der Waals surface area contributed by atoms with E-state index in [9.17, 15) is 4.79 Å². The quantitative estimate of drug-likeness (QED) is 0.831. The van der Waals surface area contributed by atoms with Crippen molar-refractivity contribution in [3.63, 3.8) is 0 Å². The molecule has 0 saturated carbocycles. The first-order valence-corrected chi connectivity index (χ1v) is 6.54. The van der Waals surface area contributed by atoms with E-state index in [1.165, 1.54) is 6.26 Å². The Labute approximate surface area is 111 Å². The van der Waals surface area contributed by atoms with E-state index in [4.69, 9.17) is 4.42 Å². The van der Waals surface area contributed by atoms with Crippen LogP contribution in [0.2, 0.25) is 0 Å². The largest absolute Gasteiger partial charge is 0.459 e. The van der Waals surface area contributed by atoms with Gasteiger partial charge in [-0.2, -0.15) is 0 Å². The SMILES string of the molecule is CC(C)n1cnc2c1CN(C(=O)c1ccco1)CC2. The average Bonchev–Trinajstić information content (AvgIpc) is 3.06. The number of amides is 1. The molecule has 1 aliphatic rings. The summed E-state index contributed by atoms with van der Waals surface area (Å²) in [7, 11) is 0. The Bertz CT molecular complexity index is 584. The van der Waals surface area contributed by atoms with Gasteiger partial charge in [-0.1, -0.05) is 0 Å². The van der Waals surface area contributed by atoms with Gasteiger partial charge in [-0.05, 0) is 26.0 Å². The molecule has 19 heavy (non-hydrogen) atoms. The normalized spacial score (nSPS) is 14.8. The van der Waals surface area contributed by atoms with Gasteiger partial charge < -0.3 is 13.9 Å². The first-order valence-electron chi connectivity index (χ1n) is 6.54. The van der Waals surface area contributed by atoms with E-state index in [1.807, 2.05) is 11.2 Å². The molecule has 0 aliphatic carbocycles. The third kappa shape index (κ3) is 2.05. The molecular weight excluding hydrogens is 242 g/mol. The number of carbonyl (C=O) groups is 1. The maximum absolute atomic E-state index is 12.3. The zero-order valence-electron chi connectivity index (χ0n) is 11.2. The number of rotatable bonds is 2. The van der Waals surface area contributed by atoms with E-state index >= 15 is 0 Å². The van der Waals surface area contributed by atoms with Gasteiger partial charge in [-0.15, -0.1) is 0 Å². The Balaban J connectivity index is 1.85. The zero-order chi connectivity index (χ0) is 13.4. The third-order valence-electron chi connectivity index (χ3n) is 3.52. The van der Waals surface area contributed by atoms with Crippen LogP contribution in [0.15, 0.2) is 29.1 Å². The lowest BCUT2D eigenvalue weighted by atomic mass is 10.1. The number of furan rings is 1.